The van der Waals surface area contributed by atoms with Crippen LogP contribution >= 0.6 is 0 Å². The minimum absolute atomic E-state index is 0.329. The van der Waals surface area contributed by atoms with Crippen molar-refractivity contribution in [3.05, 3.63) is 35.4 Å². The molecule has 0 unspecified atom stereocenters. The average molecular weight is 313 g/mol. The second kappa shape index (κ2) is 5.25. The van der Waals surface area contributed by atoms with Gasteiger partial charge in [-0.15, -0.1) is 0 Å². The van der Waals surface area contributed by atoms with Gasteiger partial charge in [0.05, 0.1) is 6.26 Å². The molecule has 1 aromatic heterocycles. The summed E-state index contributed by atoms with van der Waals surface area (Å²) < 4.78 is 5.52. The van der Waals surface area contributed by atoms with Crippen molar-refractivity contribution in [2.24, 2.45) is 23.2 Å². The van der Waals surface area contributed by atoms with Crippen LogP contribution in [0, 0.1) is 23.2 Å². The van der Waals surface area contributed by atoms with Gasteiger partial charge in [-0.2, -0.15) is 0 Å². The lowest BCUT2D eigenvalue weighted by atomic mass is 9.94. The second-order valence-corrected chi connectivity index (χ2v) is 8.30. The van der Waals surface area contributed by atoms with Gasteiger partial charge in [0.2, 0.25) is 0 Å². The first-order valence-corrected chi connectivity index (χ1v) is 9.01. The summed E-state index contributed by atoms with van der Waals surface area (Å²) in [4.78, 5) is 12.3. The van der Waals surface area contributed by atoms with Crippen LogP contribution in [-0.2, 0) is 11.2 Å². The molecule has 3 aliphatic rings. The zero-order valence-electron chi connectivity index (χ0n) is 14.4. The molecule has 3 heteroatoms. The Kier molecular flexibility index (Phi) is 3.44. The topological polar surface area (TPSA) is 42.2 Å². The molecule has 3 nitrogen and oxygen atoms in total. The number of Topliss-reactive ketones (excluding diaryl/α,β-unsaturated/α-hetero) is 1. The zero-order valence-corrected chi connectivity index (χ0v) is 14.4. The van der Waals surface area contributed by atoms with Gasteiger partial charge in [-0.3, -0.25) is 4.79 Å². The van der Waals surface area contributed by atoms with Gasteiger partial charge in [-0.05, 0) is 55.1 Å². The molecule has 1 N–H and O–H groups in total. The van der Waals surface area contributed by atoms with E-state index in [9.17, 15) is 4.79 Å². The van der Waals surface area contributed by atoms with Gasteiger partial charge in [0.15, 0.2) is 5.78 Å². The molecule has 0 amide bonds. The predicted octanol–water partition coefficient (Wildman–Crippen LogP) is 4.10. The molecule has 0 spiro atoms. The number of hydrogen-bond donors (Lipinski definition) is 1. The highest BCUT2D eigenvalue weighted by Crippen LogP contribution is 2.68. The largest absolute Gasteiger partial charge is 0.469 e. The van der Waals surface area contributed by atoms with Crippen molar-refractivity contribution in [2.45, 2.75) is 58.9 Å². The number of carbonyl (C=O) groups excluding carboxylic acids is 1. The molecule has 4 atom stereocenters. The van der Waals surface area contributed by atoms with Crippen molar-refractivity contribution in [3.63, 3.8) is 0 Å². The number of carbonyl (C=O) groups is 1. The maximum atomic E-state index is 12.3. The number of ketones is 1. The first-order chi connectivity index (χ1) is 11.0. The molecule has 4 rings (SSSR count). The van der Waals surface area contributed by atoms with Crippen LogP contribution in [0.25, 0.3) is 0 Å². The highest BCUT2D eigenvalue weighted by atomic mass is 16.3. The van der Waals surface area contributed by atoms with Crippen LogP contribution in [-0.4, -0.2) is 11.8 Å². The Bertz CT molecular complexity index is 641. The fourth-order valence-electron chi connectivity index (χ4n) is 5.14. The van der Waals surface area contributed by atoms with E-state index < -0.39 is 0 Å². The van der Waals surface area contributed by atoms with E-state index >= 15 is 0 Å². The van der Waals surface area contributed by atoms with Gasteiger partial charge in [-0.25, -0.2) is 0 Å². The predicted molar refractivity (Wildman–Crippen MR) is 89.8 cm³/mol. The molecule has 0 aliphatic heterocycles. The molecule has 3 saturated carbocycles. The summed E-state index contributed by atoms with van der Waals surface area (Å²) in [6.07, 6.45) is 7.21. The fourth-order valence-corrected chi connectivity index (χ4v) is 5.14. The summed E-state index contributed by atoms with van der Waals surface area (Å²) in [5.41, 5.74) is 2.57. The minimum Gasteiger partial charge on any atom is -0.469 e. The first kappa shape index (κ1) is 15.0. The Hall–Kier alpha value is -1.51. The monoisotopic (exact) mass is 313 g/mol. The summed E-state index contributed by atoms with van der Waals surface area (Å²) in [5.74, 6) is 3.15. The zero-order chi connectivity index (χ0) is 16.2. The highest BCUT2D eigenvalue weighted by molar-refractivity contribution is 6.01. The second-order valence-electron chi connectivity index (χ2n) is 8.30. The molecule has 3 fully saturated rings. The molecule has 0 aromatic carbocycles. The number of allylic oxidation sites excluding steroid dienone is 2. The molecule has 1 heterocycles. The van der Waals surface area contributed by atoms with Crippen molar-refractivity contribution in [1.82, 2.24) is 5.32 Å². The maximum Gasteiger partial charge on any atom is 0.161 e. The van der Waals surface area contributed by atoms with Gasteiger partial charge in [0.1, 0.15) is 5.76 Å². The van der Waals surface area contributed by atoms with E-state index in [-0.39, 0.29) is 0 Å². The number of hydrogen-bond acceptors (Lipinski definition) is 3. The number of nitrogens with one attached hydrogen (secondary N) is 1. The number of furan rings is 1. The lowest BCUT2D eigenvalue weighted by molar-refractivity contribution is -0.115. The Morgan fingerprint density at radius 1 is 1.39 bits per heavy atom. The molecule has 0 bridgehead atoms. The molecule has 0 radical (unpaired) electrons. The molecule has 0 saturated heterocycles. The smallest absolute Gasteiger partial charge is 0.161 e. The SMILES string of the molecule is C/C(N[C@H]1CCC[C@@H]1Cc1ccco1)=C1/C(=O)C[C@@H]2[C@H]1C2(C)C. The van der Waals surface area contributed by atoms with E-state index in [1.807, 2.05) is 6.07 Å². The summed E-state index contributed by atoms with van der Waals surface area (Å²) in [5, 5.41) is 3.73. The standard InChI is InChI=1S/C20H27NO2/c1-12(18-17(22)11-15-19(18)20(15,2)3)21-16-8-4-6-13(16)10-14-7-5-9-23-14/h5,7,9,13,15-16,19,21H,4,6,8,10-11H2,1-3H3/b18-12+/t13-,15-,16+,19-/m1/s1. The fraction of sp³-hybridized carbons (Fsp3) is 0.650. The third-order valence-electron chi connectivity index (χ3n) is 6.58. The van der Waals surface area contributed by atoms with Gasteiger partial charge < -0.3 is 9.73 Å². The Balaban J connectivity index is 1.48. The lowest BCUT2D eigenvalue weighted by Crippen LogP contribution is -2.33. The van der Waals surface area contributed by atoms with E-state index in [0.29, 0.717) is 35.0 Å². The molecule has 124 valence electrons. The van der Waals surface area contributed by atoms with Crippen molar-refractivity contribution in [3.8, 4) is 0 Å². The van der Waals surface area contributed by atoms with Gasteiger partial charge in [0.25, 0.3) is 0 Å². The average Bonchev–Trinajstić information content (AvgIpc) is 3.04. The van der Waals surface area contributed by atoms with Crippen molar-refractivity contribution < 1.29 is 9.21 Å². The molecule has 1 aromatic rings. The highest BCUT2D eigenvalue weighted by Gasteiger charge is 2.65. The Labute approximate surface area is 138 Å². The molecule has 3 aliphatic carbocycles. The van der Waals surface area contributed by atoms with Crippen LogP contribution in [0.15, 0.2) is 34.1 Å². The molecule has 23 heavy (non-hydrogen) atoms. The minimum atomic E-state index is 0.329. The van der Waals surface area contributed by atoms with Crippen LogP contribution in [0.4, 0.5) is 0 Å². The van der Waals surface area contributed by atoms with E-state index in [0.717, 1.165) is 29.9 Å². The first-order valence-electron chi connectivity index (χ1n) is 9.01. The van der Waals surface area contributed by atoms with Crippen LogP contribution < -0.4 is 5.32 Å². The van der Waals surface area contributed by atoms with E-state index in [2.05, 4.69) is 32.2 Å². The van der Waals surface area contributed by atoms with Crippen LogP contribution in [0.5, 0.6) is 0 Å². The van der Waals surface area contributed by atoms with Crippen LogP contribution in [0.2, 0.25) is 0 Å². The van der Waals surface area contributed by atoms with E-state index in [1.165, 1.54) is 19.3 Å². The third-order valence-corrected chi connectivity index (χ3v) is 6.58. The Morgan fingerprint density at radius 2 is 2.22 bits per heavy atom. The summed E-state index contributed by atoms with van der Waals surface area (Å²) in [6.45, 7) is 6.72. The maximum absolute atomic E-state index is 12.3. The van der Waals surface area contributed by atoms with Crippen molar-refractivity contribution >= 4 is 5.78 Å². The van der Waals surface area contributed by atoms with Crippen LogP contribution in [0.3, 0.4) is 0 Å². The number of rotatable bonds is 4. The van der Waals surface area contributed by atoms with Gasteiger partial charge in [0, 0.05) is 30.2 Å². The quantitative estimate of drug-likeness (QED) is 0.851. The molecular weight excluding hydrogens is 286 g/mol. The van der Waals surface area contributed by atoms with E-state index in [1.54, 1.807) is 6.26 Å². The summed E-state index contributed by atoms with van der Waals surface area (Å²) in [6, 6.07) is 4.51. The lowest BCUT2D eigenvalue weighted by Gasteiger charge is -2.23. The third kappa shape index (κ3) is 2.45. The Morgan fingerprint density at radius 3 is 2.91 bits per heavy atom. The van der Waals surface area contributed by atoms with Gasteiger partial charge >= 0.3 is 0 Å². The van der Waals surface area contributed by atoms with E-state index in [4.69, 9.17) is 4.42 Å². The number of fused-ring (bicyclic) bond motifs is 1. The normalized spacial score (nSPS) is 36.9. The molecular formula is C20H27NO2. The summed E-state index contributed by atoms with van der Waals surface area (Å²) in [7, 11) is 0. The summed E-state index contributed by atoms with van der Waals surface area (Å²) >= 11 is 0. The van der Waals surface area contributed by atoms with Gasteiger partial charge in [-0.1, -0.05) is 20.3 Å². The van der Waals surface area contributed by atoms with Crippen molar-refractivity contribution in [1.29, 1.82) is 0 Å². The van der Waals surface area contributed by atoms with Crippen LogP contribution in [0.1, 0.15) is 52.2 Å². The van der Waals surface area contributed by atoms with Crippen molar-refractivity contribution in [2.75, 3.05) is 0 Å².